The summed E-state index contributed by atoms with van der Waals surface area (Å²) in [5, 5.41) is 10.1. The molecule has 0 radical (unpaired) electrons. The van der Waals surface area contributed by atoms with Crippen LogP contribution in [-0.2, 0) is 9.53 Å². The molecular weight excluding hydrogens is 206 g/mol. The number of hydrogen-bond acceptors (Lipinski definition) is 3. The highest BCUT2D eigenvalue weighted by Crippen LogP contribution is 2.44. The molecule has 3 rings (SSSR count). The van der Waals surface area contributed by atoms with Crippen LogP contribution in [0, 0.1) is 5.92 Å². The maximum atomic E-state index is 12.0. The van der Waals surface area contributed by atoms with Crippen LogP contribution in [0.25, 0.3) is 0 Å². The third-order valence-corrected chi connectivity index (χ3v) is 4.09. The van der Waals surface area contributed by atoms with Crippen molar-refractivity contribution in [2.75, 3.05) is 13.1 Å². The zero-order chi connectivity index (χ0) is 11.3. The summed E-state index contributed by atoms with van der Waals surface area (Å²) in [6.07, 6.45) is 4.00. The molecule has 0 aromatic heterocycles. The quantitative estimate of drug-likeness (QED) is 0.746. The summed E-state index contributed by atoms with van der Waals surface area (Å²) in [5.74, 6) is 0.523. The molecule has 2 aliphatic heterocycles. The van der Waals surface area contributed by atoms with Crippen LogP contribution in [0.15, 0.2) is 0 Å². The van der Waals surface area contributed by atoms with Crippen LogP contribution < -0.4 is 0 Å². The van der Waals surface area contributed by atoms with Gasteiger partial charge in [-0.05, 0) is 38.5 Å². The molecule has 2 atom stereocenters. The molecule has 1 aliphatic carbocycles. The van der Waals surface area contributed by atoms with Gasteiger partial charge in [-0.2, -0.15) is 0 Å². The fourth-order valence-corrected chi connectivity index (χ4v) is 2.84. The second-order valence-corrected chi connectivity index (χ2v) is 5.58. The summed E-state index contributed by atoms with van der Waals surface area (Å²) in [6, 6.07) is 0. The fraction of sp³-hybridized carbons (Fsp3) is 0.917. The predicted molar refractivity (Wildman–Crippen MR) is 57.8 cm³/mol. The van der Waals surface area contributed by atoms with Gasteiger partial charge in [0.05, 0.1) is 19.2 Å². The minimum absolute atomic E-state index is 0.0784. The van der Waals surface area contributed by atoms with E-state index in [9.17, 15) is 9.90 Å². The Balaban J connectivity index is 1.54. The lowest BCUT2D eigenvalue weighted by Crippen LogP contribution is -2.66. The average molecular weight is 225 g/mol. The average Bonchev–Trinajstić information content (AvgIpc) is 2.96. The monoisotopic (exact) mass is 225 g/mol. The Hall–Kier alpha value is -0.610. The highest BCUT2D eigenvalue weighted by Gasteiger charge is 2.54. The third kappa shape index (κ3) is 1.64. The van der Waals surface area contributed by atoms with E-state index in [-0.39, 0.29) is 18.1 Å². The number of nitrogens with zero attached hydrogens (tertiary/aromatic N) is 1. The highest BCUT2D eigenvalue weighted by molar-refractivity contribution is 5.82. The van der Waals surface area contributed by atoms with Gasteiger partial charge in [-0.3, -0.25) is 4.79 Å². The van der Waals surface area contributed by atoms with Gasteiger partial charge < -0.3 is 14.7 Å². The summed E-state index contributed by atoms with van der Waals surface area (Å²) >= 11 is 0. The van der Waals surface area contributed by atoms with E-state index in [2.05, 4.69) is 0 Å². The van der Waals surface area contributed by atoms with Gasteiger partial charge in [-0.25, -0.2) is 0 Å². The van der Waals surface area contributed by atoms with Gasteiger partial charge in [0.2, 0.25) is 0 Å². The van der Waals surface area contributed by atoms with Crippen LogP contribution in [0.5, 0.6) is 0 Å². The lowest BCUT2D eigenvalue weighted by molar-refractivity contribution is -0.169. The van der Waals surface area contributed by atoms with Crippen molar-refractivity contribution < 1.29 is 14.6 Å². The zero-order valence-corrected chi connectivity index (χ0v) is 9.69. The summed E-state index contributed by atoms with van der Waals surface area (Å²) < 4.78 is 5.55. The summed E-state index contributed by atoms with van der Waals surface area (Å²) in [6.45, 7) is 3.04. The number of hydrogen-bond donors (Lipinski definition) is 1. The number of likely N-dealkylation sites (tertiary alicyclic amines) is 1. The second kappa shape index (κ2) is 3.44. The highest BCUT2D eigenvalue weighted by atomic mass is 16.5. The molecule has 2 unspecified atom stereocenters. The van der Waals surface area contributed by atoms with Crippen molar-refractivity contribution in [3.05, 3.63) is 0 Å². The maximum absolute atomic E-state index is 12.0. The summed E-state index contributed by atoms with van der Waals surface area (Å²) in [7, 11) is 0. The summed E-state index contributed by atoms with van der Waals surface area (Å²) in [4.78, 5) is 13.7. The van der Waals surface area contributed by atoms with Gasteiger partial charge in [0.1, 0.15) is 11.7 Å². The van der Waals surface area contributed by atoms with Crippen LogP contribution in [0.2, 0.25) is 0 Å². The number of β-amino-alcohol motifs (C(OH)–C–C–N with tert-alkyl or cyclic N) is 1. The molecule has 1 N–H and O–H groups in total. The normalized spacial score (nSPS) is 37.2. The largest absolute Gasteiger partial charge is 0.386 e. The maximum Gasteiger partial charge on any atom is 0.251 e. The first-order valence-electron chi connectivity index (χ1n) is 6.25. The molecule has 3 fully saturated rings. The first-order chi connectivity index (χ1) is 7.58. The van der Waals surface area contributed by atoms with Crippen molar-refractivity contribution in [2.24, 2.45) is 5.92 Å². The van der Waals surface area contributed by atoms with E-state index in [1.807, 2.05) is 6.92 Å². The van der Waals surface area contributed by atoms with E-state index in [4.69, 9.17) is 4.74 Å². The Morgan fingerprint density at radius 3 is 2.50 bits per heavy atom. The Morgan fingerprint density at radius 1 is 1.31 bits per heavy atom. The lowest BCUT2D eigenvalue weighted by Gasteiger charge is -2.47. The smallest absolute Gasteiger partial charge is 0.251 e. The molecule has 0 aromatic rings. The van der Waals surface area contributed by atoms with Crippen LogP contribution in [-0.4, -0.2) is 46.8 Å². The van der Waals surface area contributed by atoms with Crippen molar-refractivity contribution in [3.63, 3.8) is 0 Å². The molecule has 90 valence electrons. The molecule has 2 saturated heterocycles. The molecule has 0 aromatic carbocycles. The molecule has 4 heteroatoms. The lowest BCUT2D eigenvalue weighted by atomic mass is 9.88. The number of carbonyl (C=O) groups excluding carboxylic acids is 1. The molecule has 0 bridgehead atoms. The van der Waals surface area contributed by atoms with E-state index in [1.54, 1.807) is 4.90 Å². The van der Waals surface area contributed by atoms with E-state index in [1.165, 1.54) is 0 Å². The minimum Gasteiger partial charge on any atom is -0.386 e. The Morgan fingerprint density at radius 2 is 2.00 bits per heavy atom. The topological polar surface area (TPSA) is 49.8 Å². The van der Waals surface area contributed by atoms with Crippen LogP contribution in [0.4, 0.5) is 0 Å². The number of amides is 1. The van der Waals surface area contributed by atoms with E-state index < -0.39 is 5.60 Å². The Bertz CT molecular complexity index is 307. The molecule has 4 nitrogen and oxygen atoms in total. The fourth-order valence-electron chi connectivity index (χ4n) is 2.84. The second-order valence-electron chi connectivity index (χ2n) is 5.58. The molecule has 16 heavy (non-hydrogen) atoms. The van der Waals surface area contributed by atoms with Crippen molar-refractivity contribution in [1.29, 1.82) is 0 Å². The SMILES string of the molecule is CC1CCC(C(=O)N2CC(O)(C3CC3)C2)O1. The molecule has 0 spiro atoms. The molecule has 1 amide bonds. The number of rotatable bonds is 2. The number of ether oxygens (including phenoxy) is 1. The van der Waals surface area contributed by atoms with Gasteiger partial charge in [-0.15, -0.1) is 0 Å². The van der Waals surface area contributed by atoms with E-state index >= 15 is 0 Å². The van der Waals surface area contributed by atoms with Gasteiger partial charge >= 0.3 is 0 Å². The molecular formula is C12H19NO3. The van der Waals surface area contributed by atoms with Gasteiger partial charge in [0.15, 0.2) is 0 Å². The molecule has 2 heterocycles. The van der Waals surface area contributed by atoms with Crippen molar-refractivity contribution >= 4 is 5.91 Å². The van der Waals surface area contributed by atoms with Gasteiger partial charge in [-0.1, -0.05) is 0 Å². The van der Waals surface area contributed by atoms with Crippen molar-refractivity contribution in [3.8, 4) is 0 Å². The van der Waals surface area contributed by atoms with Gasteiger partial charge in [0, 0.05) is 0 Å². The van der Waals surface area contributed by atoms with E-state index in [0.717, 1.165) is 25.7 Å². The van der Waals surface area contributed by atoms with Crippen molar-refractivity contribution in [2.45, 2.75) is 50.4 Å². The standard InChI is InChI=1S/C12H19NO3/c1-8-2-5-10(16-8)11(14)13-6-12(15,7-13)9-3-4-9/h8-10,15H,2-7H2,1H3. The van der Waals surface area contributed by atoms with Crippen LogP contribution in [0.3, 0.4) is 0 Å². The number of carbonyl (C=O) groups is 1. The van der Waals surface area contributed by atoms with E-state index in [0.29, 0.717) is 19.0 Å². The Labute approximate surface area is 95.6 Å². The summed E-state index contributed by atoms with van der Waals surface area (Å²) in [5.41, 5.74) is -0.570. The first-order valence-corrected chi connectivity index (χ1v) is 6.25. The number of aliphatic hydroxyl groups is 1. The molecule has 3 aliphatic rings. The van der Waals surface area contributed by atoms with Crippen molar-refractivity contribution in [1.82, 2.24) is 4.90 Å². The van der Waals surface area contributed by atoms with Gasteiger partial charge in [0.25, 0.3) is 5.91 Å². The Kier molecular flexibility index (Phi) is 2.27. The third-order valence-electron chi connectivity index (χ3n) is 4.09. The zero-order valence-electron chi connectivity index (χ0n) is 9.69. The predicted octanol–water partition coefficient (Wildman–Crippen LogP) is 0.537. The van der Waals surface area contributed by atoms with Crippen LogP contribution in [0.1, 0.15) is 32.6 Å². The van der Waals surface area contributed by atoms with Crippen LogP contribution >= 0.6 is 0 Å². The molecule has 1 saturated carbocycles. The first kappa shape index (κ1) is 10.5. The minimum atomic E-state index is -0.570.